The van der Waals surface area contributed by atoms with Crippen molar-refractivity contribution in [1.29, 1.82) is 0 Å². The highest BCUT2D eigenvalue weighted by atomic mass is 79.9. The molecule has 0 bridgehead atoms. The molecule has 4 aromatic rings. The van der Waals surface area contributed by atoms with Gasteiger partial charge in [0.25, 0.3) is 0 Å². The Kier molecular flexibility index (Phi) is 6.95. The number of anilines is 4. The van der Waals surface area contributed by atoms with Gasteiger partial charge in [-0.25, -0.2) is 4.98 Å². The molecule has 38 heavy (non-hydrogen) atoms. The van der Waals surface area contributed by atoms with Crippen LogP contribution in [0.5, 0.6) is 5.75 Å². The Hall–Kier alpha value is -3.03. The molecule has 0 saturated heterocycles. The summed E-state index contributed by atoms with van der Waals surface area (Å²) in [7, 11) is -1.04. The summed E-state index contributed by atoms with van der Waals surface area (Å²) in [6.07, 6.45) is 7.34. The van der Waals surface area contributed by atoms with Crippen LogP contribution in [-0.2, 0) is 9.98 Å². The van der Waals surface area contributed by atoms with Gasteiger partial charge in [0, 0.05) is 18.6 Å². The van der Waals surface area contributed by atoms with Gasteiger partial charge in [-0.2, -0.15) is 4.98 Å². The van der Waals surface area contributed by atoms with E-state index >= 15 is 0 Å². The minimum absolute atomic E-state index is 0.00880. The van der Waals surface area contributed by atoms with Crippen LogP contribution in [0.15, 0.2) is 47.3 Å². The molecular weight excluding hydrogens is 563 g/mol. The van der Waals surface area contributed by atoms with Crippen LogP contribution < -0.4 is 20.7 Å². The van der Waals surface area contributed by atoms with Crippen LogP contribution in [0.25, 0.3) is 11.0 Å². The van der Waals surface area contributed by atoms with Crippen LogP contribution in [0.4, 0.5) is 23.1 Å². The SMILES string of the molecule is COc1cc(C(C)(C)C)c(C2CC2)cc1Nc1ncc(Br)c(Nc2ccc3nccnc3c2P(C)(C)=O)n1. The van der Waals surface area contributed by atoms with Gasteiger partial charge in [-0.3, -0.25) is 9.97 Å². The second-order valence-electron chi connectivity index (χ2n) is 11.0. The van der Waals surface area contributed by atoms with Crippen LogP contribution in [0.1, 0.15) is 50.7 Å². The van der Waals surface area contributed by atoms with E-state index in [2.05, 4.69) is 74.4 Å². The van der Waals surface area contributed by atoms with E-state index < -0.39 is 7.14 Å². The highest BCUT2D eigenvalue weighted by Crippen LogP contribution is 2.48. The number of nitrogens with one attached hydrogen (secondary N) is 2. The molecule has 1 aliphatic carbocycles. The molecule has 198 valence electrons. The molecule has 0 aliphatic heterocycles. The fourth-order valence-corrected chi connectivity index (χ4v) is 6.36. The van der Waals surface area contributed by atoms with Crippen LogP contribution in [0.3, 0.4) is 0 Å². The summed E-state index contributed by atoms with van der Waals surface area (Å²) < 4.78 is 19.8. The van der Waals surface area contributed by atoms with E-state index in [1.54, 1.807) is 39.0 Å². The Morgan fingerprint density at radius 2 is 1.76 bits per heavy atom. The summed E-state index contributed by atoms with van der Waals surface area (Å²) in [4.78, 5) is 18.1. The van der Waals surface area contributed by atoms with E-state index in [4.69, 9.17) is 9.72 Å². The van der Waals surface area contributed by atoms with Gasteiger partial charge in [0.15, 0.2) is 0 Å². The third-order valence-electron chi connectivity index (χ3n) is 6.59. The molecular formula is C28H32BrN6O2P. The quantitative estimate of drug-likeness (QED) is 0.218. The number of fused-ring (bicyclic) bond motifs is 1. The molecule has 0 radical (unpaired) electrons. The molecule has 2 aromatic heterocycles. The fraction of sp³-hybridized carbons (Fsp3) is 0.357. The minimum atomic E-state index is -2.71. The Balaban J connectivity index is 1.53. The highest BCUT2D eigenvalue weighted by Gasteiger charge is 2.31. The van der Waals surface area contributed by atoms with Gasteiger partial charge in [-0.05, 0) is 88.8 Å². The topological polar surface area (TPSA) is 102 Å². The van der Waals surface area contributed by atoms with E-state index in [1.807, 2.05) is 12.1 Å². The first-order valence-corrected chi connectivity index (χ1v) is 15.9. The number of benzene rings is 2. The van der Waals surface area contributed by atoms with Crippen molar-refractivity contribution >= 4 is 62.6 Å². The van der Waals surface area contributed by atoms with Crippen LogP contribution >= 0.6 is 23.1 Å². The number of ether oxygens (including phenoxy) is 1. The zero-order valence-corrected chi connectivity index (χ0v) is 24.9. The molecule has 5 rings (SSSR count). The van der Waals surface area contributed by atoms with E-state index in [9.17, 15) is 4.57 Å². The average Bonchev–Trinajstić information content (AvgIpc) is 3.70. The van der Waals surface area contributed by atoms with Crippen molar-refractivity contribution in [3.63, 3.8) is 0 Å². The lowest BCUT2D eigenvalue weighted by atomic mass is 9.82. The molecule has 2 aromatic carbocycles. The lowest BCUT2D eigenvalue weighted by molar-refractivity contribution is 0.414. The van der Waals surface area contributed by atoms with Gasteiger partial charge in [-0.1, -0.05) is 20.8 Å². The second kappa shape index (κ2) is 9.93. The first-order chi connectivity index (χ1) is 18.0. The van der Waals surface area contributed by atoms with E-state index in [1.165, 1.54) is 24.0 Å². The summed E-state index contributed by atoms with van der Waals surface area (Å²) in [5, 5.41) is 7.36. The number of rotatable bonds is 7. The molecule has 1 aliphatic rings. The average molecular weight is 595 g/mol. The van der Waals surface area contributed by atoms with Crippen molar-refractivity contribution < 1.29 is 9.30 Å². The minimum Gasteiger partial charge on any atom is -0.495 e. The van der Waals surface area contributed by atoms with Crippen LogP contribution in [0.2, 0.25) is 0 Å². The van der Waals surface area contributed by atoms with Crippen molar-refractivity contribution in [2.24, 2.45) is 0 Å². The van der Waals surface area contributed by atoms with Crippen molar-refractivity contribution in [3.05, 3.63) is 58.5 Å². The smallest absolute Gasteiger partial charge is 0.229 e. The molecule has 0 amide bonds. The van der Waals surface area contributed by atoms with Gasteiger partial charge in [0.2, 0.25) is 5.95 Å². The predicted molar refractivity (Wildman–Crippen MR) is 159 cm³/mol. The monoisotopic (exact) mass is 594 g/mol. The Labute approximate surface area is 231 Å². The van der Waals surface area contributed by atoms with Crippen molar-refractivity contribution in [3.8, 4) is 5.75 Å². The number of halogens is 1. The predicted octanol–water partition coefficient (Wildman–Crippen LogP) is 7.10. The normalized spacial score (nSPS) is 14.0. The van der Waals surface area contributed by atoms with Crippen molar-refractivity contribution in [2.45, 2.75) is 44.9 Å². The zero-order chi connectivity index (χ0) is 27.2. The number of hydrogen-bond acceptors (Lipinski definition) is 8. The van der Waals surface area contributed by atoms with Gasteiger partial charge >= 0.3 is 0 Å². The largest absolute Gasteiger partial charge is 0.495 e. The van der Waals surface area contributed by atoms with Gasteiger partial charge in [0.1, 0.15) is 24.2 Å². The molecule has 2 N–H and O–H groups in total. The summed E-state index contributed by atoms with van der Waals surface area (Å²) in [5.41, 5.74) is 5.46. The van der Waals surface area contributed by atoms with Crippen molar-refractivity contribution in [1.82, 2.24) is 19.9 Å². The van der Waals surface area contributed by atoms with Crippen molar-refractivity contribution in [2.75, 3.05) is 31.1 Å². The number of hydrogen-bond donors (Lipinski definition) is 2. The summed E-state index contributed by atoms with van der Waals surface area (Å²) in [5.74, 6) is 2.27. The Morgan fingerprint density at radius 1 is 1.03 bits per heavy atom. The molecule has 2 heterocycles. The number of aromatic nitrogens is 4. The van der Waals surface area contributed by atoms with Gasteiger partial charge < -0.3 is 19.9 Å². The third kappa shape index (κ3) is 5.40. The molecule has 1 fully saturated rings. The Morgan fingerprint density at radius 3 is 2.42 bits per heavy atom. The van der Waals surface area contributed by atoms with E-state index in [0.717, 1.165) is 11.4 Å². The van der Waals surface area contributed by atoms with Crippen LogP contribution in [0, 0.1) is 0 Å². The number of methoxy groups -OCH3 is 1. The molecule has 0 unspecified atom stereocenters. The van der Waals surface area contributed by atoms with E-state index in [0.29, 0.717) is 44.2 Å². The van der Waals surface area contributed by atoms with E-state index in [-0.39, 0.29) is 5.41 Å². The molecule has 0 spiro atoms. The highest BCUT2D eigenvalue weighted by molar-refractivity contribution is 9.10. The lowest BCUT2D eigenvalue weighted by Crippen LogP contribution is -2.15. The molecule has 1 saturated carbocycles. The van der Waals surface area contributed by atoms with Crippen LogP contribution in [-0.4, -0.2) is 40.4 Å². The first kappa shape index (κ1) is 26.6. The lowest BCUT2D eigenvalue weighted by Gasteiger charge is -2.25. The third-order valence-corrected chi connectivity index (χ3v) is 8.70. The standard InChI is InChI=1S/C28H32BrN6O2P/c1-28(2,3)18-14-23(37-4)22(13-17(18)16-7-8-16)34-27-32-15-19(29)26(35-27)33-21-10-9-20-24(31-12-11-30-20)25(21)38(5,6)36/h9-16H,7-8H2,1-6H3,(H2,32,33,34,35). The maximum absolute atomic E-state index is 13.3. The zero-order valence-electron chi connectivity index (χ0n) is 22.5. The summed E-state index contributed by atoms with van der Waals surface area (Å²) in [6, 6.07) is 8.04. The van der Waals surface area contributed by atoms with Gasteiger partial charge in [0.05, 0.1) is 33.8 Å². The summed E-state index contributed by atoms with van der Waals surface area (Å²) in [6.45, 7) is 10.2. The Bertz CT molecular complexity index is 1580. The summed E-state index contributed by atoms with van der Waals surface area (Å²) >= 11 is 3.56. The second-order valence-corrected chi connectivity index (χ2v) is 15.0. The maximum atomic E-state index is 13.3. The molecule has 8 nitrogen and oxygen atoms in total. The van der Waals surface area contributed by atoms with Gasteiger partial charge in [-0.15, -0.1) is 0 Å². The molecule has 10 heteroatoms. The number of nitrogens with zero attached hydrogens (tertiary/aromatic N) is 4. The first-order valence-electron chi connectivity index (χ1n) is 12.5. The maximum Gasteiger partial charge on any atom is 0.229 e. The fourth-order valence-electron chi connectivity index (χ4n) is 4.68. The molecule has 0 atom stereocenters.